The van der Waals surface area contributed by atoms with Crippen molar-refractivity contribution < 1.29 is 39.2 Å². The number of ketones is 2. The molecule has 0 bridgehead atoms. The Morgan fingerprint density at radius 2 is 1.80 bits per heavy atom. The van der Waals surface area contributed by atoms with Crippen molar-refractivity contribution in [1.29, 1.82) is 0 Å². The number of benzene rings is 1. The summed E-state index contributed by atoms with van der Waals surface area (Å²) in [7, 11) is 3.11. The molecule has 11 heteroatoms. The Bertz CT molecular complexity index is 1380. The van der Waals surface area contributed by atoms with Gasteiger partial charge >= 0.3 is 0 Å². The molecule has 1 saturated heterocycles. The molecular weight excluding hydrogens is 521 g/mol. The van der Waals surface area contributed by atoms with Crippen molar-refractivity contribution >= 4 is 17.5 Å². The van der Waals surface area contributed by atoms with Crippen LogP contribution in [0.4, 0.5) is 4.39 Å². The van der Waals surface area contributed by atoms with Crippen LogP contribution in [0.5, 0.6) is 5.75 Å². The molecule has 10 nitrogen and oxygen atoms in total. The van der Waals surface area contributed by atoms with Gasteiger partial charge in [0.2, 0.25) is 5.78 Å². The number of carbonyl (C=O) groups excluding carboxylic acids is 3. The fourth-order valence-electron chi connectivity index (χ4n) is 7.45. The van der Waals surface area contributed by atoms with Gasteiger partial charge in [-0.1, -0.05) is 6.42 Å². The number of aliphatic hydroxyl groups is 3. The number of aromatic hydroxyl groups is 1. The molecule has 4 aliphatic rings. The second-order valence-electron chi connectivity index (χ2n) is 12.0. The normalized spacial score (nSPS) is 32.7. The van der Waals surface area contributed by atoms with Gasteiger partial charge in [0.1, 0.15) is 28.7 Å². The Balaban J connectivity index is 1.62. The number of likely N-dealkylation sites (N-methyl/N-ethyl adjacent to an activating group) is 1. The van der Waals surface area contributed by atoms with Gasteiger partial charge in [0.25, 0.3) is 5.91 Å². The largest absolute Gasteiger partial charge is 0.510 e. The van der Waals surface area contributed by atoms with E-state index in [0.717, 1.165) is 19.3 Å². The smallest absolute Gasteiger partial charge is 0.255 e. The molecule has 40 heavy (non-hydrogen) atoms. The number of likely N-dealkylation sites (tertiary alicyclic amines) is 1. The summed E-state index contributed by atoms with van der Waals surface area (Å²) in [4.78, 5) is 42.8. The molecule has 1 amide bonds. The summed E-state index contributed by atoms with van der Waals surface area (Å²) in [6, 6.07) is 0.585. The number of fused-ring (bicyclic) bond motifs is 3. The van der Waals surface area contributed by atoms with E-state index in [1.165, 1.54) is 11.0 Å². The SMILES string of the molecule is C[C@@H]1CCC[C@H](C)N1Cc1cc(O)c2c(c1F)C[C@H]1C[C@H]3[C@H](N(C)C)C(O)=C(C(N)=O)C(=O)[C@@]3(O)C(O)=C1C2=O. The van der Waals surface area contributed by atoms with E-state index in [1.54, 1.807) is 14.1 Å². The number of aliphatic hydroxyl groups excluding tert-OH is 2. The fraction of sp³-hybridized carbons (Fsp3) is 0.552. The van der Waals surface area contributed by atoms with Crippen LogP contribution in [0.25, 0.3) is 0 Å². The second-order valence-corrected chi connectivity index (χ2v) is 12.0. The standard InChI is InChI=1S/C29H36FN3O7/c1-12-6-5-7-13(2)33(12)11-15-10-18(34)20-16(22(15)30)8-14-9-17-23(32(3)4)25(36)21(28(31)39)27(38)29(17,40)26(37)19(14)24(20)35/h10,12-14,17,23,34,36-37,40H,5-9,11H2,1-4H3,(H2,31,39)/t12-,13+,14-,17-,23-,29-/m0/s1. The Kier molecular flexibility index (Phi) is 6.83. The van der Waals surface area contributed by atoms with E-state index >= 15 is 4.39 Å². The van der Waals surface area contributed by atoms with Gasteiger partial charge in [-0.15, -0.1) is 0 Å². The number of primary amides is 1. The van der Waals surface area contributed by atoms with Crippen LogP contribution in [0, 0.1) is 17.7 Å². The lowest BCUT2D eigenvalue weighted by atomic mass is 9.58. The summed E-state index contributed by atoms with van der Waals surface area (Å²) in [5, 5.41) is 44.8. The second kappa shape index (κ2) is 9.67. The molecule has 0 saturated carbocycles. The highest BCUT2D eigenvalue weighted by Gasteiger charge is 2.63. The molecule has 0 radical (unpaired) electrons. The first-order chi connectivity index (χ1) is 18.7. The molecule has 1 aliphatic heterocycles. The Labute approximate surface area is 231 Å². The zero-order valence-corrected chi connectivity index (χ0v) is 23.1. The van der Waals surface area contributed by atoms with Gasteiger partial charge < -0.3 is 26.2 Å². The monoisotopic (exact) mass is 557 g/mol. The fourth-order valence-corrected chi connectivity index (χ4v) is 7.45. The maximum Gasteiger partial charge on any atom is 0.255 e. The van der Waals surface area contributed by atoms with Gasteiger partial charge in [-0.25, -0.2) is 4.39 Å². The number of nitrogens with zero attached hydrogens (tertiary/aromatic N) is 2. The van der Waals surface area contributed by atoms with E-state index in [4.69, 9.17) is 5.73 Å². The van der Waals surface area contributed by atoms with Crippen molar-refractivity contribution in [3.8, 4) is 5.75 Å². The highest BCUT2D eigenvalue weighted by atomic mass is 19.1. The van der Waals surface area contributed by atoms with E-state index in [0.29, 0.717) is 0 Å². The summed E-state index contributed by atoms with van der Waals surface area (Å²) in [5.74, 6) is -8.13. The molecule has 0 spiro atoms. The molecule has 3 aliphatic carbocycles. The number of rotatable bonds is 4. The number of Topliss-reactive ketones (excluding diaryl/α,β-unsaturated/α-hetero) is 2. The highest BCUT2D eigenvalue weighted by Crippen LogP contribution is 2.52. The number of halogens is 1. The third kappa shape index (κ3) is 3.89. The molecular formula is C29H36FN3O7. The number of phenols is 1. The van der Waals surface area contributed by atoms with E-state index in [2.05, 4.69) is 18.7 Å². The van der Waals surface area contributed by atoms with E-state index < -0.39 is 69.6 Å². The predicted octanol–water partition coefficient (Wildman–Crippen LogP) is 2.02. The minimum Gasteiger partial charge on any atom is -0.510 e. The van der Waals surface area contributed by atoms with Gasteiger partial charge in [0.15, 0.2) is 11.4 Å². The molecule has 1 aromatic carbocycles. The van der Waals surface area contributed by atoms with Crippen LogP contribution in [0.1, 0.15) is 61.0 Å². The number of amides is 1. The van der Waals surface area contributed by atoms with Crippen LogP contribution in [0.2, 0.25) is 0 Å². The molecule has 6 atom stereocenters. The minimum atomic E-state index is -2.72. The quantitative estimate of drug-likeness (QED) is 0.348. The number of hydrogen-bond donors (Lipinski definition) is 5. The maximum absolute atomic E-state index is 16.1. The lowest BCUT2D eigenvalue weighted by molar-refractivity contribution is -0.148. The Hall–Kier alpha value is -3.28. The number of hydrogen-bond acceptors (Lipinski definition) is 9. The first-order valence-electron chi connectivity index (χ1n) is 13.6. The molecule has 5 rings (SSSR count). The average Bonchev–Trinajstić information content (AvgIpc) is 2.86. The van der Waals surface area contributed by atoms with E-state index in [1.807, 2.05) is 0 Å². The molecule has 1 heterocycles. The van der Waals surface area contributed by atoms with Crippen molar-refractivity contribution in [3.05, 3.63) is 51.2 Å². The highest BCUT2D eigenvalue weighted by molar-refractivity contribution is 6.24. The predicted molar refractivity (Wildman–Crippen MR) is 142 cm³/mol. The van der Waals surface area contributed by atoms with Gasteiger partial charge in [0, 0.05) is 41.2 Å². The zero-order valence-electron chi connectivity index (χ0n) is 23.1. The van der Waals surface area contributed by atoms with Crippen molar-refractivity contribution in [1.82, 2.24) is 9.80 Å². The molecule has 1 fully saturated rings. The van der Waals surface area contributed by atoms with Gasteiger partial charge in [0.05, 0.1) is 11.6 Å². The van der Waals surface area contributed by atoms with Crippen molar-refractivity contribution in [3.63, 3.8) is 0 Å². The van der Waals surface area contributed by atoms with Crippen LogP contribution in [0.3, 0.4) is 0 Å². The summed E-state index contributed by atoms with van der Waals surface area (Å²) >= 11 is 0. The lowest BCUT2D eigenvalue weighted by Gasteiger charge is -2.50. The third-order valence-corrected chi connectivity index (χ3v) is 9.46. The Morgan fingerprint density at radius 3 is 2.38 bits per heavy atom. The molecule has 216 valence electrons. The Morgan fingerprint density at radius 1 is 1.18 bits per heavy atom. The topological polar surface area (TPSA) is 165 Å². The molecule has 0 aromatic heterocycles. The molecule has 0 unspecified atom stereocenters. The lowest BCUT2D eigenvalue weighted by Crippen LogP contribution is -2.63. The minimum absolute atomic E-state index is 0.0189. The molecule has 6 N–H and O–H groups in total. The van der Waals surface area contributed by atoms with Crippen LogP contribution >= 0.6 is 0 Å². The van der Waals surface area contributed by atoms with Crippen LogP contribution in [-0.2, 0) is 22.6 Å². The van der Waals surface area contributed by atoms with Gasteiger partial charge in [-0.05, 0) is 65.6 Å². The summed E-state index contributed by atoms with van der Waals surface area (Å²) in [5.41, 5.74) is 1.41. The third-order valence-electron chi connectivity index (χ3n) is 9.46. The van der Waals surface area contributed by atoms with Crippen LogP contribution in [0.15, 0.2) is 28.7 Å². The van der Waals surface area contributed by atoms with Crippen molar-refractivity contribution in [2.24, 2.45) is 17.6 Å². The zero-order chi connectivity index (χ0) is 29.4. The summed E-state index contributed by atoms with van der Waals surface area (Å²) < 4.78 is 16.1. The van der Waals surface area contributed by atoms with Gasteiger partial charge in [-0.2, -0.15) is 0 Å². The maximum atomic E-state index is 16.1. The average molecular weight is 558 g/mol. The number of phenolic OH excluding ortho intramolecular Hbond substituents is 1. The number of carbonyl (C=O) groups is 3. The van der Waals surface area contributed by atoms with Gasteiger partial charge in [-0.3, -0.25) is 24.2 Å². The molecule has 1 aromatic rings. The number of nitrogens with two attached hydrogens (primary N) is 1. The first-order valence-corrected chi connectivity index (χ1v) is 13.6. The number of piperidine rings is 1. The van der Waals surface area contributed by atoms with E-state index in [-0.39, 0.29) is 53.7 Å². The summed E-state index contributed by atoms with van der Waals surface area (Å²) in [6.07, 6.45) is 2.88. The van der Waals surface area contributed by atoms with E-state index in [9.17, 15) is 34.8 Å². The van der Waals surface area contributed by atoms with Crippen LogP contribution in [-0.4, -0.2) is 85.5 Å². The first kappa shape index (κ1) is 28.3. The summed E-state index contributed by atoms with van der Waals surface area (Å²) in [6.45, 7) is 4.42. The van der Waals surface area contributed by atoms with Crippen molar-refractivity contribution in [2.45, 2.75) is 76.2 Å². The number of allylic oxidation sites excluding steroid dienone is 1. The van der Waals surface area contributed by atoms with Crippen molar-refractivity contribution in [2.75, 3.05) is 14.1 Å². The van der Waals surface area contributed by atoms with Crippen LogP contribution < -0.4 is 5.73 Å².